The highest BCUT2D eigenvalue weighted by molar-refractivity contribution is 7.89. The van der Waals surface area contributed by atoms with Gasteiger partial charge in [0.1, 0.15) is 6.04 Å². The largest absolute Gasteiger partial charge is 0.337 e. The lowest BCUT2D eigenvalue weighted by Gasteiger charge is -2.34. The standard InChI is InChI=1S/C21H32N4O3S2/c1-18-20(26)22(2)21(29)25(18)13-9-4-3-8-12-23-14-16-24(17-15-23)30(27,28)19-10-6-5-7-11-19/h5-7,10-11,18H,3-4,8-9,12-17H2,1-2H3. The number of piperazine rings is 1. The summed E-state index contributed by atoms with van der Waals surface area (Å²) in [6.07, 6.45) is 4.35. The Morgan fingerprint density at radius 1 is 0.967 bits per heavy atom. The third-order valence-electron chi connectivity index (χ3n) is 6.02. The molecule has 166 valence electrons. The summed E-state index contributed by atoms with van der Waals surface area (Å²) in [6, 6.07) is 8.52. The van der Waals surface area contributed by atoms with Gasteiger partial charge in [0, 0.05) is 39.8 Å². The summed E-state index contributed by atoms with van der Waals surface area (Å²) in [6.45, 7) is 6.38. The molecular formula is C21H32N4O3S2. The first kappa shape index (κ1) is 23.1. The van der Waals surface area contributed by atoms with Crippen molar-refractivity contribution in [1.82, 2.24) is 19.0 Å². The van der Waals surface area contributed by atoms with E-state index in [2.05, 4.69) is 4.90 Å². The van der Waals surface area contributed by atoms with Crippen molar-refractivity contribution in [2.24, 2.45) is 0 Å². The number of thiocarbonyl (C=S) groups is 1. The smallest absolute Gasteiger partial charge is 0.250 e. The number of nitrogens with zero attached hydrogens (tertiary/aromatic N) is 4. The summed E-state index contributed by atoms with van der Waals surface area (Å²) in [5.41, 5.74) is 0. The predicted octanol–water partition coefficient (Wildman–Crippen LogP) is 2.00. The van der Waals surface area contributed by atoms with Crippen molar-refractivity contribution < 1.29 is 13.2 Å². The van der Waals surface area contributed by atoms with E-state index in [0.29, 0.717) is 23.1 Å². The monoisotopic (exact) mass is 452 g/mol. The van der Waals surface area contributed by atoms with Gasteiger partial charge in [-0.3, -0.25) is 9.69 Å². The first-order chi connectivity index (χ1) is 14.3. The highest BCUT2D eigenvalue weighted by Gasteiger charge is 2.36. The van der Waals surface area contributed by atoms with Gasteiger partial charge in [0.25, 0.3) is 5.91 Å². The molecule has 0 aromatic heterocycles. The quantitative estimate of drug-likeness (QED) is 0.422. The van der Waals surface area contributed by atoms with Crippen LogP contribution in [0, 0.1) is 0 Å². The molecule has 1 aromatic rings. The molecule has 1 atom stereocenters. The molecule has 0 spiro atoms. The molecule has 9 heteroatoms. The molecule has 1 unspecified atom stereocenters. The Morgan fingerprint density at radius 3 is 2.13 bits per heavy atom. The van der Waals surface area contributed by atoms with Gasteiger partial charge in [-0.15, -0.1) is 0 Å². The Morgan fingerprint density at radius 2 is 1.57 bits per heavy atom. The number of carbonyl (C=O) groups is 1. The molecule has 2 heterocycles. The van der Waals surface area contributed by atoms with Crippen molar-refractivity contribution in [1.29, 1.82) is 0 Å². The van der Waals surface area contributed by atoms with Crippen LogP contribution < -0.4 is 0 Å². The minimum absolute atomic E-state index is 0.0772. The maximum Gasteiger partial charge on any atom is 0.250 e. The summed E-state index contributed by atoms with van der Waals surface area (Å²) in [5.74, 6) is 0.0772. The average molecular weight is 453 g/mol. The van der Waals surface area contributed by atoms with Crippen LogP contribution in [0.25, 0.3) is 0 Å². The molecule has 0 radical (unpaired) electrons. The van der Waals surface area contributed by atoms with Crippen LogP contribution in [0.15, 0.2) is 35.2 Å². The Kier molecular flexibility index (Phi) is 7.84. The fourth-order valence-corrected chi connectivity index (χ4v) is 5.84. The van der Waals surface area contributed by atoms with Gasteiger partial charge >= 0.3 is 0 Å². The van der Waals surface area contributed by atoms with Crippen LogP contribution in [0.3, 0.4) is 0 Å². The number of likely N-dealkylation sites (N-methyl/N-ethyl adjacent to an activating group) is 1. The molecule has 0 aliphatic carbocycles. The van der Waals surface area contributed by atoms with Crippen molar-refractivity contribution in [2.75, 3.05) is 46.3 Å². The lowest BCUT2D eigenvalue weighted by molar-refractivity contribution is -0.126. The van der Waals surface area contributed by atoms with E-state index in [1.165, 1.54) is 0 Å². The van der Waals surface area contributed by atoms with Crippen molar-refractivity contribution in [2.45, 2.75) is 43.5 Å². The Hall–Kier alpha value is -1.55. The second kappa shape index (κ2) is 10.2. The zero-order valence-corrected chi connectivity index (χ0v) is 19.5. The topological polar surface area (TPSA) is 64.2 Å². The summed E-state index contributed by atoms with van der Waals surface area (Å²) < 4.78 is 27.0. The van der Waals surface area contributed by atoms with Crippen LogP contribution in [-0.4, -0.2) is 90.8 Å². The van der Waals surface area contributed by atoms with Gasteiger partial charge in [0.2, 0.25) is 10.0 Å². The minimum Gasteiger partial charge on any atom is -0.337 e. The van der Waals surface area contributed by atoms with E-state index >= 15 is 0 Å². The van der Waals surface area contributed by atoms with Crippen LogP contribution >= 0.6 is 12.2 Å². The normalized spacial score (nSPS) is 21.6. The molecule has 0 saturated carbocycles. The van der Waals surface area contributed by atoms with Gasteiger partial charge in [-0.25, -0.2) is 8.42 Å². The minimum atomic E-state index is -3.38. The summed E-state index contributed by atoms with van der Waals surface area (Å²) in [7, 11) is -1.64. The predicted molar refractivity (Wildman–Crippen MR) is 122 cm³/mol. The molecule has 30 heavy (non-hydrogen) atoms. The number of hydrogen-bond donors (Lipinski definition) is 0. The molecule has 0 bridgehead atoms. The molecule has 3 rings (SSSR count). The van der Waals surface area contributed by atoms with Gasteiger partial charge in [-0.2, -0.15) is 4.31 Å². The number of amides is 1. The molecule has 2 aliphatic rings. The average Bonchev–Trinajstić information content (AvgIpc) is 2.94. The van der Waals surface area contributed by atoms with E-state index in [1.807, 2.05) is 17.9 Å². The zero-order valence-electron chi connectivity index (χ0n) is 17.9. The zero-order chi connectivity index (χ0) is 21.7. The van der Waals surface area contributed by atoms with Crippen molar-refractivity contribution in [3.8, 4) is 0 Å². The SMILES string of the molecule is CC1C(=O)N(C)C(=S)N1CCCCCCN1CCN(S(=O)(=O)c2ccccc2)CC1. The third-order valence-corrected chi connectivity index (χ3v) is 8.44. The van der Waals surface area contributed by atoms with E-state index in [1.54, 1.807) is 40.5 Å². The van der Waals surface area contributed by atoms with Crippen molar-refractivity contribution in [3.63, 3.8) is 0 Å². The van der Waals surface area contributed by atoms with Gasteiger partial charge in [0.05, 0.1) is 4.90 Å². The van der Waals surface area contributed by atoms with E-state index < -0.39 is 10.0 Å². The highest BCUT2D eigenvalue weighted by atomic mass is 32.2. The van der Waals surface area contributed by atoms with Crippen molar-refractivity contribution >= 4 is 33.3 Å². The number of rotatable bonds is 9. The van der Waals surface area contributed by atoms with Gasteiger partial charge in [-0.1, -0.05) is 31.0 Å². The van der Waals surface area contributed by atoms with E-state index in [9.17, 15) is 13.2 Å². The van der Waals surface area contributed by atoms with Gasteiger partial charge in [0.15, 0.2) is 5.11 Å². The van der Waals surface area contributed by atoms with Crippen LogP contribution in [0.2, 0.25) is 0 Å². The van der Waals surface area contributed by atoms with Gasteiger partial charge < -0.3 is 9.80 Å². The molecule has 2 saturated heterocycles. The highest BCUT2D eigenvalue weighted by Crippen LogP contribution is 2.19. The first-order valence-electron chi connectivity index (χ1n) is 10.7. The molecule has 2 aliphatic heterocycles. The molecule has 0 N–H and O–H groups in total. The van der Waals surface area contributed by atoms with E-state index in [4.69, 9.17) is 12.2 Å². The maximum absolute atomic E-state index is 12.7. The summed E-state index contributed by atoms with van der Waals surface area (Å²) in [4.78, 5) is 18.3. The molecule has 1 amide bonds. The Balaban J connectivity index is 1.31. The third kappa shape index (κ3) is 5.19. The van der Waals surface area contributed by atoms with E-state index in [0.717, 1.165) is 51.9 Å². The van der Waals surface area contributed by atoms with Crippen LogP contribution in [0.4, 0.5) is 0 Å². The Labute approximate surface area is 185 Å². The first-order valence-corrected chi connectivity index (χ1v) is 12.5. The number of carbonyl (C=O) groups excluding carboxylic acids is 1. The summed E-state index contributed by atoms with van der Waals surface area (Å²) >= 11 is 5.35. The molecule has 1 aromatic carbocycles. The lowest BCUT2D eigenvalue weighted by atomic mass is 10.1. The van der Waals surface area contributed by atoms with E-state index in [-0.39, 0.29) is 11.9 Å². The van der Waals surface area contributed by atoms with Crippen LogP contribution in [0.5, 0.6) is 0 Å². The molecule has 7 nitrogen and oxygen atoms in total. The number of benzene rings is 1. The lowest BCUT2D eigenvalue weighted by Crippen LogP contribution is -2.48. The van der Waals surface area contributed by atoms with Gasteiger partial charge in [-0.05, 0) is 50.7 Å². The molecule has 2 fully saturated rings. The number of hydrogen-bond acceptors (Lipinski definition) is 5. The number of unbranched alkanes of at least 4 members (excludes halogenated alkanes) is 3. The fraction of sp³-hybridized carbons (Fsp3) is 0.619. The fourth-order valence-electron chi connectivity index (χ4n) is 4.06. The maximum atomic E-state index is 12.7. The summed E-state index contributed by atoms with van der Waals surface area (Å²) in [5, 5.41) is 0.635. The Bertz CT molecular complexity index is 839. The number of sulfonamides is 1. The van der Waals surface area contributed by atoms with Crippen molar-refractivity contribution in [3.05, 3.63) is 30.3 Å². The van der Waals surface area contributed by atoms with Crippen LogP contribution in [0.1, 0.15) is 32.6 Å². The second-order valence-corrected chi connectivity index (χ2v) is 10.3. The molecular weight excluding hydrogens is 420 g/mol. The van der Waals surface area contributed by atoms with Crippen LogP contribution in [-0.2, 0) is 14.8 Å². The second-order valence-electron chi connectivity index (χ2n) is 8.02.